The van der Waals surface area contributed by atoms with Crippen molar-refractivity contribution in [1.29, 1.82) is 0 Å². The van der Waals surface area contributed by atoms with Crippen molar-refractivity contribution in [2.45, 2.75) is 52.6 Å². The number of thiazole rings is 1. The highest BCUT2D eigenvalue weighted by Crippen LogP contribution is 2.25. The molecule has 0 aliphatic heterocycles. The number of nitrogens with one attached hydrogen (secondary N) is 2. The first kappa shape index (κ1) is 19.9. The van der Waals surface area contributed by atoms with Crippen LogP contribution in [0.2, 0.25) is 0 Å². The minimum Gasteiger partial charge on any atom is -0.444 e. The highest BCUT2D eigenvalue weighted by molar-refractivity contribution is 7.15. The molecule has 1 aromatic heterocycles. The Morgan fingerprint density at radius 2 is 1.81 bits per heavy atom. The molecule has 26 heavy (non-hydrogen) atoms. The van der Waals surface area contributed by atoms with Gasteiger partial charge in [-0.05, 0) is 44.4 Å². The van der Waals surface area contributed by atoms with Gasteiger partial charge in [-0.1, -0.05) is 26.0 Å². The Balaban J connectivity index is 1.87. The fourth-order valence-corrected chi connectivity index (χ4v) is 2.92. The second-order valence-electron chi connectivity index (χ2n) is 7.27. The highest BCUT2D eigenvalue weighted by Gasteiger charge is 2.16. The predicted octanol–water partition coefficient (Wildman–Crippen LogP) is 4.79. The van der Waals surface area contributed by atoms with Gasteiger partial charge in [0.1, 0.15) is 5.60 Å². The van der Waals surface area contributed by atoms with Gasteiger partial charge in [-0.2, -0.15) is 0 Å². The minimum absolute atomic E-state index is 0.123. The standard InChI is InChI=1S/C19H25N3O3S/c1-12(2)15-11-20-17(26-15)22-16(23)10-13-6-8-14(9-7-13)21-18(24)25-19(3,4)5/h6-9,11-12H,10H2,1-5H3,(H,21,24)(H,20,22,23). The number of anilines is 2. The fraction of sp³-hybridized carbons (Fsp3) is 0.421. The zero-order valence-corrected chi connectivity index (χ0v) is 16.6. The smallest absolute Gasteiger partial charge is 0.412 e. The molecular formula is C19H25N3O3S. The van der Waals surface area contributed by atoms with E-state index in [1.165, 1.54) is 11.3 Å². The SMILES string of the molecule is CC(C)c1cnc(NC(=O)Cc2ccc(NC(=O)OC(C)(C)C)cc2)s1. The molecule has 0 unspecified atom stereocenters. The lowest BCUT2D eigenvalue weighted by Crippen LogP contribution is -2.27. The summed E-state index contributed by atoms with van der Waals surface area (Å²) in [6.45, 7) is 9.60. The Bertz CT molecular complexity index is 761. The number of rotatable bonds is 5. The van der Waals surface area contributed by atoms with Gasteiger partial charge in [0.25, 0.3) is 0 Å². The van der Waals surface area contributed by atoms with Crippen LogP contribution in [-0.4, -0.2) is 22.6 Å². The lowest BCUT2D eigenvalue weighted by molar-refractivity contribution is -0.115. The fourth-order valence-electron chi connectivity index (χ4n) is 2.09. The average Bonchev–Trinajstić information content (AvgIpc) is 2.96. The van der Waals surface area contributed by atoms with Crippen LogP contribution < -0.4 is 10.6 Å². The molecule has 2 rings (SSSR count). The highest BCUT2D eigenvalue weighted by atomic mass is 32.1. The number of ether oxygens (including phenoxy) is 1. The van der Waals surface area contributed by atoms with Crippen LogP contribution in [-0.2, 0) is 16.0 Å². The number of carbonyl (C=O) groups is 2. The maximum Gasteiger partial charge on any atom is 0.412 e. The van der Waals surface area contributed by atoms with E-state index < -0.39 is 11.7 Å². The zero-order valence-electron chi connectivity index (χ0n) is 15.8. The monoisotopic (exact) mass is 375 g/mol. The Labute approximate surface area is 158 Å². The van der Waals surface area contributed by atoms with Crippen LogP contribution in [0.25, 0.3) is 0 Å². The molecule has 0 atom stereocenters. The van der Waals surface area contributed by atoms with Crippen molar-refractivity contribution >= 4 is 34.2 Å². The van der Waals surface area contributed by atoms with Gasteiger partial charge in [0.05, 0.1) is 6.42 Å². The second kappa shape index (κ2) is 8.31. The van der Waals surface area contributed by atoms with Crippen molar-refractivity contribution < 1.29 is 14.3 Å². The van der Waals surface area contributed by atoms with E-state index in [9.17, 15) is 9.59 Å². The topological polar surface area (TPSA) is 80.3 Å². The largest absolute Gasteiger partial charge is 0.444 e. The van der Waals surface area contributed by atoms with Gasteiger partial charge >= 0.3 is 6.09 Å². The van der Waals surface area contributed by atoms with E-state index in [2.05, 4.69) is 29.5 Å². The molecule has 2 amide bonds. The van der Waals surface area contributed by atoms with Gasteiger partial charge in [-0.3, -0.25) is 10.1 Å². The van der Waals surface area contributed by atoms with Crippen molar-refractivity contribution in [1.82, 2.24) is 4.98 Å². The Morgan fingerprint density at radius 1 is 1.15 bits per heavy atom. The Hall–Kier alpha value is -2.41. The van der Waals surface area contributed by atoms with Crippen LogP contribution in [0.4, 0.5) is 15.6 Å². The summed E-state index contributed by atoms with van der Waals surface area (Å²) in [4.78, 5) is 29.2. The summed E-state index contributed by atoms with van der Waals surface area (Å²) in [6.07, 6.45) is 1.53. The normalized spacial score (nSPS) is 11.3. The molecule has 0 spiro atoms. The Morgan fingerprint density at radius 3 is 2.35 bits per heavy atom. The molecule has 7 heteroatoms. The summed E-state index contributed by atoms with van der Waals surface area (Å²) in [5.41, 5.74) is 0.913. The first-order valence-electron chi connectivity index (χ1n) is 8.47. The molecule has 2 aromatic rings. The molecule has 2 N–H and O–H groups in total. The third kappa shape index (κ3) is 6.48. The number of amides is 2. The van der Waals surface area contributed by atoms with Gasteiger partial charge in [0.15, 0.2) is 5.13 Å². The Kier molecular flexibility index (Phi) is 6.37. The molecule has 6 nitrogen and oxygen atoms in total. The van der Waals surface area contributed by atoms with E-state index >= 15 is 0 Å². The lowest BCUT2D eigenvalue weighted by Gasteiger charge is -2.19. The van der Waals surface area contributed by atoms with E-state index in [-0.39, 0.29) is 12.3 Å². The second-order valence-corrected chi connectivity index (χ2v) is 8.33. The third-order valence-corrected chi connectivity index (χ3v) is 4.52. The molecule has 140 valence electrons. The minimum atomic E-state index is -0.548. The summed E-state index contributed by atoms with van der Waals surface area (Å²) in [5.74, 6) is 0.269. The summed E-state index contributed by atoms with van der Waals surface area (Å²) >= 11 is 1.49. The predicted molar refractivity (Wildman–Crippen MR) is 105 cm³/mol. The average molecular weight is 375 g/mol. The molecule has 0 saturated carbocycles. The van der Waals surface area contributed by atoms with E-state index in [0.29, 0.717) is 16.7 Å². The van der Waals surface area contributed by atoms with Crippen molar-refractivity contribution in [2.24, 2.45) is 0 Å². The molecule has 0 aliphatic carbocycles. The summed E-state index contributed by atoms with van der Waals surface area (Å²) in [7, 11) is 0. The summed E-state index contributed by atoms with van der Waals surface area (Å²) in [5, 5.41) is 6.09. The molecular weight excluding hydrogens is 350 g/mol. The van der Waals surface area contributed by atoms with Crippen molar-refractivity contribution in [3.8, 4) is 0 Å². The summed E-state index contributed by atoms with van der Waals surface area (Å²) in [6, 6.07) is 7.08. The third-order valence-electron chi connectivity index (χ3n) is 3.30. The van der Waals surface area contributed by atoms with Gasteiger partial charge < -0.3 is 10.1 Å². The molecule has 1 heterocycles. The first-order valence-corrected chi connectivity index (χ1v) is 9.28. The molecule has 0 bridgehead atoms. The van der Waals surface area contributed by atoms with Gasteiger partial charge in [0, 0.05) is 16.8 Å². The van der Waals surface area contributed by atoms with E-state index in [1.807, 2.05) is 0 Å². The van der Waals surface area contributed by atoms with Crippen molar-refractivity contribution in [2.75, 3.05) is 10.6 Å². The molecule has 0 saturated heterocycles. The van der Waals surface area contributed by atoms with Crippen LogP contribution in [0.5, 0.6) is 0 Å². The van der Waals surface area contributed by atoms with Crippen LogP contribution in [0.15, 0.2) is 30.5 Å². The quantitative estimate of drug-likeness (QED) is 0.787. The number of aromatic nitrogens is 1. The van der Waals surface area contributed by atoms with Crippen LogP contribution in [0.1, 0.15) is 51.0 Å². The number of hydrogen-bond acceptors (Lipinski definition) is 5. The van der Waals surface area contributed by atoms with E-state index in [0.717, 1.165) is 10.4 Å². The van der Waals surface area contributed by atoms with Crippen molar-refractivity contribution in [3.63, 3.8) is 0 Å². The maximum absolute atomic E-state index is 12.1. The number of carbonyl (C=O) groups excluding carboxylic acids is 2. The maximum atomic E-state index is 12.1. The number of nitrogens with zero attached hydrogens (tertiary/aromatic N) is 1. The van der Waals surface area contributed by atoms with Gasteiger partial charge in [0.2, 0.25) is 5.91 Å². The van der Waals surface area contributed by atoms with Crippen molar-refractivity contribution in [3.05, 3.63) is 40.9 Å². The van der Waals surface area contributed by atoms with Crippen LogP contribution in [0.3, 0.4) is 0 Å². The van der Waals surface area contributed by atoms with E-state index in [4.69, 9.17) is 4.74 Å². The first-order chi connectivity index (χ1) is 12.1. The molecule has 0 fully saturated rings. The van der Waals surface area contributed by atoms with Gasteiger partial charge in [-0.15, -0.1) is 11.3 Å². The molecule has 1 aromatic carbocycles. The molecule has 0 aliphatic rings. The summed E-state index contributed by atoms with van der Waals surface area (Å²) < 4.78 is 5.20. The van der Waals surface area contributed by atoms with Crippen LogP contribution >= 0.6 is 11.3 Å². The van der Waals surface area contributed by atoms with Crippen LogP contribution in [0, 0.1) is 0 Å². The number of benzene rings is 1. The zero-order chi connectivity index (χ0) is 19.3. The van der Waals surface area contributed by atoms with Gasteiger partial charge in [-0.25, -0.2) is 9.78 Å². The molecule has 0 radical (unpaired) electrons. The van der Waals surface area contributed by atoms with E-state index in [1.54, 1.807) is 51.2 Å². The lowest BCUT2D eigenvalue weighted by atomic mass is 10.1. The number of hydrogen-bond donors (Lipinski definition) is 2.